The number of carbonyl (C=O) groups is 1. The molecule has 3 heterocycles. The summed E-state index contributed by atoms with van der Waals surface area (Å²) in [5.41, 5.74) is 8.65. The Labute approximate surface area is 361 Å². The first-order chi connectivity index (χ1) is 28.2. The van der Waals surface area contributed by atoms with E-state index in [0.29, 0.717) is 24.4 Å². The molecule has 1 aromatic carbocycles. The molecule has 10 nitrogen and oxygen atoms in total. The molecule has 2 aliphatic heterocycles. The van der Waals surface area contributed by atoms with Crippen LogP contribution >= 0.6 is 0 Å². The molecule has 0 bridgehead atoms. The van der Waals surface area contributed by atoms with Gasteiger partial charge in [-0.1, -0.05) is 99.1 Å². The summed E-state index contributed by atoms with van der Waals surface area (Å²) in [7, 11) is 0. The molecule has 0 unspecified atom stereocenters. The number of benzene rings is 1. The van der Waals surface area contributed by atoms with E-state index in [1.54, 1.807) is 6.33 Å². The Morgan fingerprint density at radius 2 is 1.82 bits per heavy atom. The van der Waals surface area contributed by atoms with Gasteiger partial charge in [0, 0.05) is 35.2 Å². The summed E-state index contributed by atoms with van der Waals surface area (Å²) in [6.45, 7) is 29.9. The van der Waals surface area contributed by atoms with E-state index in [9.17, 15) is 9.90 Å². The van der Waals surface area contributed by atoms with Crippen molar-refractivity contribution in [2.45, 2.75) is 158 Å². The molecule has 10 heteroatoms. The Balaban J connectivity index is 1.36. The highest BCUT2D eigenvalue weighted by molar-refractivity contribution is 6.00. The molecule has 0 amide bonds. The van der Waals surface area contributed by atoms with Crippen molar-refractivity contribution in [2.24, 2.45) is 67.4 Å². The number of aliphatic imine (C=N–C) groups is 1. The van der Waals surface area contributed by atoms with E-state index in [1.807, 2.05) is 0 Å². The molecule has 5 aliphatic rings. The lowest BCUT2D eigenvalue weighted by atomic mass is 9.35. The van der Waals surface area contributed by atoms with Crippen LogP contribution in [0.5, 0.6) is 0 Å². The van der Waals surface area contributed by atoms with Gasteiger partial charge in [0.1, 0.15) is 12.2 Å². The molecule has 7 rings (SSSR count). The van der Waals surface area contributed by atoms with Crippen LogP contribution in [-0.2, 0) is 14.3 Å². The lowest BCUT2D eigenvalue weighted by Gasteiger charge is -2.69. The zero-order valence-corrected chi connectivity index (χ0v) is 39.1. The first-order valence-corrected chi connectivity index (χ1v) is 23.4. The van der Waals surface area contributed by atoms with E-state index in [0.717, 1.165) is 93.8 Å². The summed E-state index contributed by atoms with van der Waals surface area (Å²) in [5.74, 6) is 2.02. The molecule has 332 valence electrons. The van der Waals surface area contributed by atoms with Crippen molar-refractivity contribution in [3.8, 4) is 11.4 Å². The highest BCUT2D eigenvalue weighted by atomic mass is 16.5. The van der Waals surface area contributed by atoms with Crippen molar-refractivity contribution >= 4 is 11.8 Å². The predicted molar refractivity (Wildman–Crippen MR) is 241 cm³/mol. The zero-order chi connectivity index (χ0) is 43.6. The second kappa shape index (κ2) is 16.2. The Kier molecular flexibility index (Phi) is 12.2. The fraction of sp³-hybridized carbons (Fsp3) is 0.760. The van der Waals surface area contributed by atoms with Crippen LogP contribution < -0.4 is 11.1 Å². The van der Waals surface area contributed by atoms with Crippen LogP contribution in [-0.4, -0.2) is 75.7 Å². The van der Waals surface area contributed by atoms with Crippen LogP contribution in [0.25, 0.3) is 11.4 Å². The zero-order valence-electron chi connectivity index (χ0n) is 39.1. The fourth-order valence-corrected chi connectivity index (χ4v) is 13.2. The molecular formula is C50H78N6O4. The SMILES string of the molecule is CC[C@@H](OC[C@](C)(N)C(C)(C)C)[C@@H](C[C@]12C3=CC[C@@]4(C)[C@H](C(=O)O)[C@@](C)([C@H](C)C(C)C)CC[C@]4(C)[C@H]3CC[C@H]1CCO[C@H]2C)n1ncnc1-c1cccc(C2=NCCN2)c1. The lowest BCUT2D eigenvalue weighted by molar-refractivity contribution is -0.201. The number of allylic oxidation sites excluding steroid dienone is 1. The number of rotatable bonds is 13. The van der Waals surface area contributed by atoms with Gasteiger partial charge in [0.15, 0.2) is 5.82 Å². The van der Waals surface area contributed by atoms with E-state index in [4.69, 9.17) is 30.3 Å². The molecular weight excluding hydrogens is 749 g/mol. The Bertz CT molecular complexity index is 1950. The van der Waals surface area contributed by atoms with Gasteiger partial charge in [0.2, 0.25) is 0 Å². The molecule has 3 fully saturated rings. The quantitative estimate of drug-likeness (QED) is 0.170. The summed E-state index contributed by atoms with van der Waals surface area (Å²) in [5, 5.41) is 19.8. The van der Waals surface area contributed by atoms with Crippen LogP contribution in [0, 0.1) is 56.7 Å². The number of ether oxygens (including phenoxy) is 2. The van der Waals surface area contributed by atoms with Crippen LogP contribution in [0.15, 0.2) is 47.2 Å². The van der Waals surface area contributed by atoms with E-state index in [2.05, 4.69) is 123 Å². The Morgan fingerprint density at radius 1 is 1.08 bits per heavy atom. The average molecular weight is 827 g/mol. The Hall–Kier alpha value is -3.08. The number of hydrogen-bond acceptors (Lipinski definition) is 8. The van der Waals surface area contributed by atoms with E-state index < -0.39 is 22.8 Å². The van der Waals surface area contributed by atoms with E-state index in [-0.39, 0.29) is 45.8 Å². The van der Waals surface area contributed by atoms with Crippen molar-refractivity contribution in [3.05, 3.63) is 47.8 Å². The third kappa shape index (κ3) is 7.20. The number of hydrogen-bond donors (Lipinski definition) is 3. The first-order valence-electron chi connectivity index (χ1n) is 23.4. The van der Waals surface area contributed by atoms with Gasteiger partial charge in [-0.15, -0.1) is 0 Å². The maximum atomic E-state index is 13.7. The molecule has 2 saturated carbocycles. The summed E-state index contributed by atoms with van der Waals surface area (Å²) in [4.78, 5) is 23.4. The maximum absolute atomic E-state index is 13.7. The van der Waals surface area contributed by atoms with Gasteiger partial charge in [-0.05, 0) is 117 Å². The number of aromatic nitrogens is 3. The first kappa shape index (κ1) is 45.0. The van der Waals surface area contributed by atoms with Gasteiger partial charge in [-0.2, -0.15) is 5.10 Å². The van der Waals surface area contributed by atoms with Gasteiger partial charge in [0.25, 0.3) is 0 Å². The second-order valence-electron chi connectivity index (χ2n) is 22.1. The van der Waals surface area contributed by atoms with Crippen LogP contribution in [0.3, 0.4) is 0 Å². The predicted octanol–water partition coefficient (Wildman–Crippen LogP) is 9.74. The largest absolute Gasteiger partial charge is 0.481 e. The second-order valence-corrected chi connectivity index (χ2v) is 22.1. The molecule has 2 aromatic rings. The molecule has 1 aromatic heterocycles. The van der Waals surface area contributed by atoms with Crippen molar-refractivity contribution in [2.75, 3.05) is 26.3 Å². The normalized spacial score (nSPS) is 35.5. The van der Waals surface area contributed by atoms with Gasteiger partial charge in [-0.25, -0.2) is 9.67 Å². The minimum Gasteiger partial charge on any atom is -0.481 e. The van der Waals surface area contributed by atoms with E-state index >= 15 is 0 Å². The summed E-state index contributed by atoms with van der Waals surface area (Å²) in [6.07, 6.45) is 11.4. The van der Waals surface area contributed by atoms with Crippen LogP contribution in [0.4, 0.5) is 0 Å². The summed E-state index contributed by atoms with van der Waals surface area (Å²) < 4.78 is 16.1. The standard InChI is InChI=1S/C50H78N6O4/c1-13-40(60-29-49(12,51)45(6,7)8)39(56-43(54-30-55-56)35-16-14-15-34(27-35)42-52-24-25-53-42)28-50-33(5)59-26-20-36(50)17-18-37-38(50)19-21-48(11)41(44(57)58)46(9,32(4)31(2)3)22-23-47(37,48)10/h14-16,19,27,30-33,36-37,39-41H,13,17-18,20-26,28-29,51H2,1-12H3,(H,52,53)(H,57,58)/t32-,33+,36+,37+,39-,40-,41-,46-,47-,48+,49+,50-/m1/s1. The summed E-state index contributed by atoms with van der Waals surface area (Å²) in [6, 6.07) is 8.31. The molecule has 60 heavy (non-hydrogen) atoms. The van der Waals surface area contributed by atoms with Crippen LogP contribution in [0.2, 0.25) is 0 Å². The third-order valence-corrected chi connectivity index (χ3v) is 18.2. The number of nitrogens with one attached hydrogen (secondary N) is 1. The molecule has 4 N–H and O–H groups in total. The van der Waals surface area contributed by atoms with Gasteiger partial charge < -0.3 is 25.6 Å². The molecule has 0 radical (unpaired) electrons. The third-order valence-electron chi connectivity index (χ3n) is 18.2. The number of aliphatic carboxylic acids is 1. The monoisotopic (exact) mass is 827 g/mol. The maximum Gasteiger partial charge on any atom is 0.307 e. The van der Waals surface area contributed by atoms with E-state index in [1.165, 1.54) is 5.57 Å². The number of nitrogens with two attached hydrogens (primary N) is 1. The van der Waals surface area contributed by atoms with Gasteiger partial charge >= 0.3 is 5.97 Å². The van der Waals surface area contributed by atoms with Crippen LogP contribution in [0.1, 0.15) is 146 Å². The average Bonchev–Trinajstić information content (AvgIpc) is 3.91. The lowest BCUT2D eigenvalue weighted by Crippen LogP contribution is -2.65. The topological polar surface area (TPSA) is 137 Å². The minimum absolute atomic E-state index is 0.0422. The van der Waals surface area contributed by atoms with Crippen molar-refractivity contribution in [1.29, 1.82) is 0 Å². The highest BCUT2D eigenvalue weighted by Gasteiger charge is 2.69. The number of carboxylic acids is 1. The molecule has 12 atom stereocenters. The number of nitrogens with zero attached hydrogens (tertiary/aromatic N) is 4. The molecule has 3 aliphatic carbocycles. The van der Waals surface area contributed by atoms with Gasteiger partial charge in [0.05, 0.1) is 37.3 Å². The van der Waals surface area contributed by atoms with Crippen molar-refractivity contribution in [1.82, 2.24) is 20.1 Å². The van der Waals surface area contributed by atoms with Gasteiger partial charge in [-0.3, -0.25) is 9.79 Å². The molecule has 0 spiro atoms. The van der Waals surface area contributed by atoms with Crippen molar-refractivity contribution in [3.63, 3.8) is 0 Å². The Morgan fingerprint density at radius 3 is 2.47 bits per heavy atom. The summed E-state index contributed by atoms with van der Waals surface area (Å²) >= 11 is 0. The molecule has 1 saturated heterocycles. The minimum atomic E-state index is -0.628. The number of carboxylic acid groups (broad SMARTS) is 1. The highest BCUT2D eigenvalue weighted by Crippen LogP contribution is 2.73. The number of amidine groups is 1. The number of fused-ring (bicyclic) bond motifs is 5. The van der Waals surface area contributed by atoms with Crippen molar-refractivity contribution < 1.29 is 19.4 Å². The smallest absolute Gasteiger partial charge is 0.307 e. The fourth-order valence-electron chi connectivity index (χ4n) is 13.2.